The molecule has 1 aliphatic heterocycles. The molecule has 20 heavy (non-hydrogen) atoms. The van der Waals surface area contributed by atoms with Gasteiger partial charge >= 0.3 is 5.97 Å². The molecule has 2 atom stereocenters. The maximum absolute atomic E-state index is 10.8. The minimum atomic E-state index is -0.919. The Morgan fingerprint density at radius 3 is 2.80 bits per heavy atom. The van der Waals surface area contributed by atoms with Gasteiger partial charge in [-0.05, 0) is 40.0 Å². The number of aliphatic hydroxyl groups is 1. The molecule has 6 heteroatoms. The monoisotopic (exact) mass is 344 g/mol. The summed E-state index contributed by atoms with van der Waals surface area (Å²) in [5, 5.41) is 19.1. The lowest BCUT2D eigenvalue weighted by molar-refractivity contribution is -0.142. The quantitative estimate of drug-likeness (QED) is 0.878. The third-order valence-electron chi connectivity index (χ3n) is 3.21. The van der Waals surface area contributed by atoms with E-state index in [1.807, 2.05) is 0 Å². The number of hydrogen-bond donors (Lipinski definition) is 2. The van der Waals surface area contributed by atoms with Gasteiger partial charge in [0, 0.05) is 6.42 Å². The van der Waals surface area contributed by atoms with E-state index in [-0.39, 0.29) is 6.42 Å². The number of halogens is 1. The number of rotatable bonds is 4. The van der Waals surface area contributed by atoms with Crippen LogP contribution in [0.25, 0.3) is 0 Å². The van der Waals surface area contributed by atoms with Crippen LogP contribution in [-0.4, -0.2) is 29.4 Å². The first kappa shape index (κ1) is 15.1. The van der Waals surface area contributed by atoms with Gasteiger partial charge in [0.05, 0.1) is 29.7 Å². The van der Waals surface area contributed by atoms with Gasteiger partial charge < -0.3 is 19.7 Å². The van der Waals surface area contributed by atoms with Crippen LogP contribution in [-0.2, 0) is 4.79 Å². The van der Waals surface area contributed by atoms with E-state index >= 15 is 0 Å². The summed E-state index contributed by atoms with van der Waals surface area (Å²) in [5.74, 6) is -0.323. The van der Waals surface area contributed by atoms with Crippen LogP contribution in [0, 0.1) is 5.92 Å². The molecular weight excluding hydrogens is 328 g/mol. The average Bonchev–Trinajstić information content (AvgIpc) is 2.63. The van der Waals surface area contributed by atoms with Crippen molar-refractivity contribution in [3.05, 3.63) is 22.2 Å². The fourth-order valence-corrected chi connectivity index (χ4v) is 2.59. The van der Waals surface area contributed by atoms with Crippen molar-refractivity contribution >= 4 is 21.9 Å². The molecule has 0 amide bonds. The summed E-state index contributed by atoms with van der Waals surface area (Å²) in [4.78, 5) is 10.8. The van der Waals surface area contributed by atoms with Crippen molar-refractivity contribution in [1.82, 2.24) is 0 Å². The minimum absolute atomic E-state index is 0.154. The number of fused-ring (bicyclic) bond motifs is 1. The molecule has 0 aliphatic carbocycles. The Kier molecular flexibility index (Phi) is 4.88. The summed E-state index contributed by atoms with van der Waals surface area (Å²) < 4.78 is 11.9. The minimum Gasteiger partial charge on any atom is -0.490 e. The van der Waals surface area contributed by atoms with E-state index in [0.717, 1.165) is 6.42 Å². The Labute approximate surface area is 125 Å². The molecule has 0 saturated carbocycles. The molecule has 0 spiro atoms. The number of carboxylic acids is 1. The smallest absolute Gasteiger partial charge is 0.306 e. The van der Waals surface area contributed by atoms with E-state index in [2.05, 4.69) is 15.9 Å². The lowest BCUT2D eigenvalue weighted by Crippen LogP contribution is -2.13. The summed E-state index contributed by atoms with van der Waals surface area (Å²) in [6.45, 7) is 2.72. The van der Waals surface area contributed by atoms with Crippen LogP contribution in [0.3, 0.4) is 0 Å². The van der Waals surface area contributed by atoms with E-state index < -0.39 is 18.0 Å². The summed E-state index contributed by atoms with van der Waals surface area (Å²) in [7, 11) is 0. The van der Waals surface area contributed by atoms with Gasteiger partial charge in [-0.15, -0.1) is 0 Å². The first-order chi connectivity index (χ1) is 9.49. The van der Waals surface area contributed by atoms with Gasteiger partial charge in [-0.2, -0.15) is 0 Å². The van der Waals surface area contributed by atoms with Gasteiger partial charge in [-0.1, -0.05) is 6.92 Å². The second-order valence-electron chi connectivity index (χ2n) is 4.87. The van der Waals surface area contributed by atoms with Crippen LogP contribution in [0.4, 0.5) is 0 Å². The molecule has 1 aromatic rings. The molecule has 0 aromatic heterocycles. The van der Waals surface area contributed by atoms with E-state index in [9.17, 15) is 9.90 Å². The second kappa shape index (κ2) is 6.45. The van der Waals surface area contributed by atoms with Crippen molar-refractivity contribution < 1.29 is 24.5 Å². The molecule has 1 aromatic carbocycles. The van der Waals surface area contributed by atoms with Crippen LogP contribution in [0.15, 0.2) is 16.6 Å². The topological polar surface area (TPSA) is 76.0 Å². The summed E-state index contributed by atoms with van der Waals surface area (Å²) >= 11 is 3.40. The molecule has 0 fully saturated rings. The zero-order valence-corrected chi connectivity index (χ0v) is 12.7. The molecule has 0 radical (unpaired) electrons. The lowest BCUT2D eigenvalue weighted by atomic mass is 9.98. The number of ether oxygens (including phenoxy) is 2. The highest BCUT2D eigenvalue weighted by atomic mass is 79.9. The van der Waals surface area contributed by atoms with Crippen molar-refractivity contribution in [3.63, 3.8) is 0 Å². The number of carbonyl (C=O) groups is 1. The number of aliphatic hydroxyl groups excluding tert-OH is 1. The standard InChI is InChI=1S/C14H17BrO5/c1-8(14(17)18)5-11(16)9-6-10(15)13-12(7-9)19-3-2-4-20-13/h6-8,11,16H,2-5H2,1H3,(H,17,18). The van der Waals surface area contributed by atoms with Crippen LogP contribution >= 0.6 is 15.9 Å². The molecule has 0 saturated heterocycles. The Morgan fingerprint density at radius 1 is 1.40 bits per heavy atom. The summed E-state index contributed by atoms with van der Waals surface area (Å²) in [6, 6.07) is 3.46. The predicted octanol–water partition coefficient (Wildman–Crippen LogP) is 2.75. The Morgan fingerprint density at radius 2 is 2.10 bits per heavy atom. The average molecular weight is 345 g/mol. The van der Waals surface area contributed by atoms with E-state index in [4.69, 9.17) is 14.6 Å². The highest BCUT2D eigenvalue weighted by Crippen LogP contribution is 2.40. The van der Waals surface area contributed by atoms with Crippen LogP contribution in [0.5, 0.6) is 11.5 Å². The number of aliphatic carboxylic acids is 1. The van der Waals surface area contributed by atoms with Crippen molar-refractivity contribution in [3.8, 4) is 11.5 Å². The normalized spacial score (nSPS) is 17.1. The number of hydrogen-bond acceptors (Lipinski definition) is 4. The third-order valence-corrected chi connectivity index (χ3v) is 3.80. The molecule has 1 aliphatic rings. The molecule has 2 N–H and O–H groups in total. The number of benzene rings is 1. The second-order valence-corrected chi connectivity index (χ2v) is 5.73. The van der Waals surface area contributed by atoms with Gasteiger partial charge in [0.2, 0.25) is 0 Å². The van der Waals surface area contributed by atoms with Gasteiger partial charge in [-0.3, -0.25) is 4.79 Å². The molecule has 5 nitrogen and oxygen atoms in total. The number of carboxylic acid groups (broad SMARTS) is 1. The largest absolute Gasteiger partial charge is 0.490 e. The molecule has 0 bridgehead atoms. The van der Waals surface area contributed by atoms with Crippen LogP contribution in [0.1, 0.15) is 31.4 Å². The fraction of sp³-hybridized carbons (Fsp3) is 0.500. The van der Waals surface area contributed by atoms with Crippen LogP contribution in [0.2, 0.25) is 0 Å². The van der Waals surface area contributed by atoms with Gasteiger partial charge in [0.1, 0.15) is 0 Å². The third kappa shape index (κ3) is 3.43. The van der Waals surface area contributed by atoms with Crippen molar-refractivity contribution in [2.24, 2.45) is 5.92 Å². The summed E-state index contributed by atoms with van der Waals surface area (Å²) in [5.41, 5.74) is 0.620. The van der Waals surface area contributed by atoms with Gasteiger partial charge in [0.25, 0.3) is 0 Å². The van der Waals surface area contributed by atoms with Crippen LogP contribution < -0.4 is 9.47 Å². The Bertz CT molecular complexity index is 503. The fourth-order valence-electron chi connectivity index (χ4n) is 2.01. The van der Waals surface area contributed by atoms with Crippen molar-refractivity contribution in [2.75, 3.05) is 13.2 Å². The zero-order chi connectivity index (χ0) is 14.7. The Balaban J connectivity index is 2.22. The predicted molar refractivity (Wildman–Crippen MR) is 76.1 cm³/mol. The highest BCUT2D eigenvalue weighted by Gasteiger charge is 2.21. The van der Waals surface area contributed by atoms with Crippen molar-refractivity contribution in [1.29, 1.82) is 0 Å². The molecule has 2 unspecified atom stereocenters. The highest BCUT2D eigenvalue weighted by molar-refractivity contribution is 9.10. The first-order valence-corrected chi connectivity index (χ1v) is 7.28. The summed E-state index contributed by atoms with van der Waals surface area (Å²) in [6.07, 6.45) is 0.103. The maximum atomic E-state index is 10.8. The first-order valence-electron chi connectivity index (χ1n) is 6.49. The SMILES string of the molecule is CC(CC(O)c1cc(Br)c2c(c1)OCCCO2)C(=O)O. The molecule has 2 rings (SSSR count). The van der Waals surface area contributed by atoms with E-state index in [0.29, 0.717) is 34.7 Å². The molecule has 110 valence electrons. The van der Waals surface area contributed by atoms with Gasteiger partial charge in [-0.25, -0.2) is 0 Å². The lowest BCUT2D eigenvalue weighted by Gasteiger charge is -2.17. The van der Waals surface area contributed by atoms with Crippen molar-refractivity contribution in [2.45, 2.75) is 25.9 Å². The maximum Gasteiger partial charge on any atom is 0.306 e. The zero-order valence-electron chi connectivity index (χ0n) is 11.1. The van der Waals surface area contributed by atoms with E-state index in [1.165, 1.54) is 0 Å². The molecular formula is C14H17BrO5. The van der Waals surface area contributed by atoms with Gasteiger partial charge in [0.15, 0.2) is 11.5 Å². The van der Waals surface area contributed by atoms with E-state index in [1.54, 1.807) is 19.1 Å². The molecule has 1 heterocycles. The Hall–Kier alpha value is -1.27.